The van der Waals surface area contributed by atoms with Crippen molar-refractivity contribution in [2.45, 2.75) is 25.6 Å². The summed E-state index contributed by atoms with van der Waals surface area (Å²) in [4.78, 5) is 12.7. The van der Waals surface area contributed by atoms with Gasteiger partial charge in [-0.25, -0.2) is 4.79 Å². The van der Waals surface area contributed by atoms with Crippen molar-refractivity contribution in [2.75, 3.05) is 19.6 Å². The van der Waals surface area contributed by atoms with Crippen molar-refractivity contribution >= 4 is 6.03 Å². The van der Waals surface area contributed by atoms with E-state index < -0.39 is 18.8 Å². The number of carbonyl (C=O) groups excluding carboxylic acids is 1. The average molecular weight is 239 g/mol. The van der Waals surface area contributed by atoms with Crippen LogP contribution in [0.15, 0.2) is 0 Å². The van der Waals surface area contributed by atoms with E-state index in [1.165, 1.54) is 4.90 Å². The monoisotopic (exact) mass is 239 g/mol. The van der Waals surface area contributed by atoms with E-state index in [0.29, 0.717) is 13.1 Å². The lowest BCUT2D eigenvalue weighted by molar-refractivity contribution is -0.123. The van der Waals surface area contributed by atoms with Gasteiger partial charge in [0.05, 0.1) is 0 Å². The Morgan fingerprint density at radius 3 is 2.56 bits per heavy atom. The van der Waals surface area contributed by atoms with Crippen LogP contribution in [0.2, 0.25) is 0 Å². The third-order valence-corrected chi connectivity index (χ3v) is 2.74. The molecule has 0 aromatic heterocycles. The Bertz CT molecular complexity index is 257. The number of rotatable bonds is 2. The van der Waals surface area contributed by atoms with E-state index in [2.05, 4.69) is 0 Å². The molecule has 0 aromatic rings. The molecule has 1 fully saturated rings. The Morgan fingerprint density at radius 2 is 2.12 bits per heavy atom. The zero-order valence-corrected chi connectivity index (χ0v) is 9.05. The summed E-state index contributed by atoms with van der Waals surface area (Å²) in [6.07, 6.45) is -3.55. The van der Waals surface area contributed by atoms with Gasteiger partial charge >= 0.3 is 12.2 Å². The molecule has 94 valence electrons. The van der Waals surface area contributed by atoms with Crippen LogP contribution < -0.4 is 11.1 Å². The van der Waals surface area contributed by atoms with Crippen LogP contribution in [0.3, 0.4) is 0 Å². The van der Waals surface area contributed by atoms with Gasteiger partial charge in [-0.1, -0.05) is 13.3 Å². The number of carbonyl (C=O) groups is 1. The summed E-state index contributed by atoms with van der Waals surface area (Å²) in [6.45, 7) is 1.40. The van der Waals surface area contributed by atoms with Crippen LogP contribution in [0, 0.1) is 5.92 Å². The summed E-state index contributed by atoms with van der Waals surface area (Å²) >= 11 is 0. The lowest BCUT2D eigenvalue weighted by Gasteiger charge is -2.17. The minimum Gasteiger partial charge on any atom is -0.329 e. The van der Waals surface area contributed by atoms with Gasteiger partial charge in [0, 0.05) is 19.1 Å². The first-order chi connectivity index (χ1) is 7.33. The van der Waals surface area contributed by atoms with Gasteiger partial charge in [-0.05, 0) is 5.92 Å². The number of alkyl halides is 3. The molecule has 1 saturated heterocycles. The Labute approximate surface area is 92.0 Å². The van der Waals surface area contributed by atoms with Gasteiger partial charge in [-0.15, -0.1) is 0 Å². The topological polar surface area (TPSA) is 58.4 Å². The van der Waals surface area contributed by atoms with Gasteiger partial charge in [0.1, 0.15) is 6.54 Å². The molecule has 0 aromatic carbocycles. The lowest BCUT2D eigenvalue weighted by atomic mass is 10.0. The van der Waals surface area contributed by atoms with Crippen LogP contribution in [0.5, 0.6) is 0 Å². The average Bonchev–Trinajstić information content (AvgIpc) is 2.55. The van der Waals surface area contributed by atoms with Crippen LogP contribution in [0.1, 0.15) is 13.3 Å². The van der Waals surface area contributed by atoms with E-state index in [-0.39, 0.29) is 12.0 Å². The van der Waals surface area contributed by atoms with E-state index in [9.17, 15) is 18.0 Å². The second-order valence-electron chi connectivity index (χ2n) is 4.01. The largest absolute Gasteiger partial charge is 0.405 e. The molecule has 4 nitrogen and oxygen atoms in total. The Kier molecular flexibility index (Phi) is 4.01. The first-order valence-electron chi connectivity index (χ1n) is 5.18. The Hall–Kier alpha value is -0.980. The Morgan fingerprint density at radius 1 is 1.50 bits per heavy atom. The van der Waals surface area contributed by atoms with E-state index >= 15 is 0 Å². The molecule has 0 saturated carbocycles. The number of nitrogens with two attached hydrogens (primary N) is 1. The van der Waals surface area contributed by atoms with Crippen molar-refractivity contribution in [1.82, 2.24) is 10.2 Å². The van der Waals surface area contributed by atoms with Crippen molar-refractivity contribution in [3.05, 3.63) is 0 Å². The van der Waals surface area contributed by atoms with Gasteiger partial charge in [0.25, 0.3) is 0 Å². The third-order valence-electron chi connectivity index (χ3n) is 2.74. The normalized spacial score (nSPS) is 25.9. The standard InChI is InChI=1S/C9H16F3N3O/c1-2-6-3-15(4-7(6)13)8(16)14-5-9(10,11)12/h6-7H,2-5,13H2,1H3,(H,14,16). The second kappa shape index (κ2) is 4.90. The maximum absolute atomic E-state index is 11.9. The molecule has 2 unspecified atom stereocenters. The number of hydrogen-bond donors (Lipinski definition) is 2. The number of amides is 2. The zero-order valence-electron chi connectivity index (χ0n) is 9.05. The summed E-state index contributed by atoms with van der Waals surface area (Å²) in [6, 6.07) is -0.828. The molecule has 1 aliphatic rings. The van der Waals surface area contributed by atoms with Gasteiger partial charge in [0.2, 0.25) is 0 Å². The van der Waals surface area contributed by atoms with E-state index in [1.54, 1.807) is 0 Å². The fraction of sp³-hybridized carbons (Fsp3) is 0.889. The molecule has 3 N–H and O–H groups in total. The molecule has 0 spiro atoms. The lowest BCUT2D eigenvalue weighted by Crippen LogP contribution is -2.43. The summed E-state index contributed by atoms with van der Waals surface area (Å²) in [5.74, 6) is 0.177. The number of urea groups is 1. The van der Waals surface area contributed by atoms with Crippen molar-refractivity contribution in [1.29, 1.82) is 0 Å². The van der Waals surface area contributed by atoms with Crippen molar-refractivity contribution < 1.29 is 18.0 Å². The summed E-state index contributed by atoms with van der Waals surface area (Å²) in [5, 5.41) is 1.84. The molecule has 1 heterocycles. The van der Waals surface area contributed by atoms with Gasteiger partial charge < -0.3 is 16.0 Å². The molecule has 0 aliphatic carbocycles. The highest BCUT2D eigenvalue weighted by Crippen LogP contribution is 2.18. The molecule has 2 amide bonds. The van der Waals surface area contributed by atoms with Crippen LogP contribution >= 0.6 is 0 Å². The number of nitrogens with zero attached hydrogens (tertiary/aromatic N) is 1. The molecule has 1 rings (SSSR count). The second-order valence-corrected chi connectivity index (χ2v) is 4.01. The van der Waals surface area contributed by atoms with Crippen LogP contribution in [0.25, 0.3) is 0 Å². The smallest absolute Gasteiger partial charge is 0.329 e. The number of hydrogen-bond acceptors (Lipinski definition) is 2. The van der Waals surface area contributed by atoms with Crippen molar-refractivity contribution in [3.63, 3.8) is 0 Å². The highest BCUT2D eigenvalue weighted by molar-refractivity contribution is 5.74. The molecular formula is C9H16F3N3O. The van der Waals surface area contributed by atoms with E-state index in [0.717, 1.165) is 6.42 Å². The van der Waals surface area contributed by atoms with Crippen LogP contribution in [-0.4, -0.2) is 42.8 Å². The summed E-state index contributed by atoms with van der Waals surface area (Å²) in [7, 11) is 0. The molecule has 2 atom stereocenters. The van der Waals surface area contributed by atoms with Crippen LogP contribution in [-0.2, 0) is 0 Å². The van der Waals surface area contributed by atoms with Crippen molar-refractivity contribution in [2.24, 2.45) is 11.7 Å². The van der Waals surface area contributed by atoms with Gasteiger partial charge in [-0.3, -0.25) is 0 Å². The number of halogens is 3. The summed E-state index contributed by atoms with van der Waals surface area (Å²) < 4.78 is 35.6. The van der Waals surface area contributed by atoms with Gasteiger partial charge in [0.15, 0.2) is 0 Å². The highest BCUT2D eigenvalue weighted by atomic mass is 19.4. The zero-order chi connectivity index (χ0) is 12.3. The maximum atomic E-state index is 11.9. The van der Waals surface area contributed by atoms with Crippen LogP contribution in [0.4, 0.5) is 18.0 Å². The van der Waals surface area contributed by atoms with Gasteiger partial charge in [-0.2, -0.15) is 13.2 Å². The maximum Gasteiger partial charge on any atom is 0.405 e. The molecule has 16 heavy (non-hydrogen) atoms. The highest BCUT2D eigenvalue weighted by Gasteiger charge is 2.34. The molecule has 1 aliphatic heterocycles. The predicted octanol–water partition coefficient (Wildman–Crippen LogP) is 0.927. The minimum atomic E-state index is -4.37. The quantitative estimate of drug-likeness (QED) is 0.753. The summed E-state index contributed by atoms with van der Waals surface area (Å²) in [5.41, 5.74) is 5.76. The third kappa shape index (κ3) is 3.55. The van der Waals surface area contributed by atoms with Crippen molar-refractivity contribution in [3.8, 4) is 0 Å². The number of nitrogens with one attached hydrogen (secondary N) is 1. The minimum absolute atomic E-state index is 0.137. The molecule has 7 heteroatoms. The first-order valence-corrected chi connectivity index (χ1v) is 5.18. The fourth-order valence-electron chi connectivity index (χ4n) is 1.78. The SMILES string of the molecule is CCC1CN(C(=O)NCC(F)(F)F)CC1N. The predicted molar refractivity (Wildman–Crippen MR) is 52.8 cm³/mol. The molecule has 0 bridgehead atoms. The Balaban J connectivity index is 2.39. The molecular weight excluding hydrogens is 223 g/mol. The fourth-order valence-corrected chi connectivity index (χ4v) is 1.78. The number of likely N-dealkylation sites (tertiary alicyclic amines) is 1. The molecule has 0 radical (unpaired) electrons. The first kappa shape index (κ1) is 13.1. The van der Waals surface area contributed by atoms with E-state index in [4.69, 9.17) is 5.73 Å². The van der Waals surface area contributed by atoms with E-state index in [1.807, 2.05) is 12.2 Å².